The van der Waals surface area contributed by atoms with Crippen LogP contribution in [0.2, 0.25) is 0 Å². The number of carbonyl (C=O) groups is 2. The van der Waals surface area contributed by atoms with Crippen LogP contribution in [0.15, 0.2) is 48.2 Å². The van der Waals surface area contributed by atoms with Crippen molar-refractivity contribution in [2.45, 2.75) is 33.3 Å². The number of hydrogen-bond acceptors (Lipinski definition) is 7. The predicted octanol–water partition coefficient (Wildman–Crippen LogP) is 3.86. The van der Waals surface area contributed by atoms with E-state index in [0.29, 0.717) is 53.9 Å². The van der Waals surface area contributed by atoms with Gasteiger partial charge in [0.25, 0.3) is 11.8 Å². The van der Waals surface area contributed by atoms with Crippen LogP contribution >= 0.6 is 0 Å². The Morgan fingerprint density at radius 3 is 2.41 bits per heavy atom. The summed E-state index contributed by atoms with van der Waals surface area (Å²) in [5, 5.41) is 3.16. The van der Waals surface area contributed by atoms with Crippen LogP contribution in [0.1, 0.15) is 32.8 Å². The zero-order chi connectivity index (χ0) is 24.1. The molecule has 0 spiro atoms. The maximum atomic E-state index is 13.4. The van der Waals surface area contributed by atoms with Crippen molar-refractivity contribution in [2.24, 2.45) is 0 Å². The number of fused-ring (bicyclic) bond motifs is 1. The Hall–Kier alpha value is -3.52. The third-order valence-electron chi connectivity index (χ3n) is 5.36. The molecule has 2 aromatic carbocycles. The average Bonchev–Trinajstić information content (AvgIpc) is 3.07. The first-order valence-corrected chi connectivity index (χ1v) is 11.6. The van der Waals surface area contributed by atoms with Gasteiger partial charge in [-0.05, 0) is 50.1 Å². The fraction of sp³-hybridized carbons (Fsp3) is 0.385. The molecular weight excluding hydrogens is 436 g/mol. The summed E-state index contributed by atoms with van der Waals surface area (Å²) in [5.41, 5.74) is 1.79. The lowest BCUT2D eigenvalue weighted by Gasteiger charge is -2.19. The Morgan fingerprint density at radius 2 is 1.71 bits per heavy atom. The fourth-order valence-corrected chi connectivity index (χ4v) is 3.75. The molecule has 2 aliphatic heterocycles. The summed E-state index contributed by atoms with van der Waals surface area (Å²) in [5.74, 6) is 1.20. The summed E-state index contributed by atoms with van der Waals surface area (Å²) < 4.78 is 22.5. The van der Waals surface area contributed by atoms with Gasteiger partial charge in [0.05, 0.1) is 31.4 Å². The largest absolute Gasteiger partial charge is 0.494 e. The number of hydrogen-bond donors (Lipinski definition) is 1. The second-order valence-corrected chi connectivity index (χ2v) is 8.29. The van der Waals surface area contributed by atoms with Gasteiger partial charge in [0, 0.05) is 11.8 Å². The van der Waals surface area contributed by atoms with Crippen LogP contribution in [0.5, 0.6) is 17.2 Å². The molecule has 0 atom stereocenters. The van der Waals surface area contributed by atoms with Gasteiger partial charge in [0.2, 0.25) is 0 Å². The molecule has 8 heteroatoms. The average molecular weight is 467 g/mol. The summed E-state index contributed by atoms with van der Waals surface area (Å²) in [6.45, 7) is 7.86. The molecule has 0 unspecified atom stereocenters. The lowest BCUT2D eigenvalue weighted by atomic mass is 10.0. The number of nitrogens with zero attached hydrogens (tertiary/aromatic N) is 1. The fourth-order valence-electron chi connectivity index (χ4n) is 3.75. The second kappa shape index (κ2) is 10.6. The lowest BCUT2D eigenvalue weighted by Crippen LogP contribution is -2.35. The van der Waals surface area contributed by atoms with Crippen molar-refractivity contribution in [2.75, 3.05) is 38.3 Å². The standard InChI is InChI=1S/C26H30N2O6/c1-4-12-32-20-8-5-18(6-9-20)23-24(26(30)28(25(23)29)11-13-31-17(2)3)27-19-7-10-21-22(16-19)34-15-14-33-21/h5-10,16-17,27H,4,11-15H2,1-3H3. The van der Waals surface area contributed by atoms with E-state index in [2.05, 4.69) is 5.32 Å². The van der Waals surface area contributed by atoms with Gasteiger partial charge in [-0.15, -0.1) is 0 Å². The maximum Gasteiger partial charge on any atom is 0.278 e. The van der Waals surface area contributed by atoms with E-state index < -0.39 is 5.91 Å². The monoisotopic (exact) mass is 466 g/mol. The molecule has 0 radical (unpaired) electrons. The van der Waals surface area contributed by atoms with Gasteiger partial charge >= 0.3 is 0 Å². The second-order valence-electron chi connectivity index (χ2n) is 8.29. The first-order valence-electron chi connectivity index (χ1n) is 11.6. The van der Waals surface area contributed by atoms with Crippen LogP contribution in [0.4, 0.5) is 5.69 Å². The number of amides is 2. The van der Waals surface area contributed by atoms with Gasteiger partial charge in [-0.1, -0.05) is 19.1 Å². The minimum Gasteiger partial charge on any atom is -0.494 e. The Bertz CT molecular complexity index is 1080. The third-order valence-corrected chi connectivity index (χ3v) is 5.36. The highest BCUT2D eigenvalue weighted by Crippen LogP contribution is 2.35. The minimum absolute atomic E-state index is 0.00575. The van der Waals surface area contributed by atoms with E-state index in [1.54, 1.807) is 30.3 Å². The Balaban J connectivity index is 1.64. The zero-order valence-corrected chi connectivity index (χ0v) is 19.8. The number of anilines is 1. The minimum atomic E-state index is -0.395. The van der Waals surface area contributed by atoms with Crippen molar-refractivity contribution in [3.63, 3.8) is 0 Å². The van der Waals surface area contributed by atoms with E-state index in [9.17, 15) is 9.59 Å². The Kier molecular flexibility index (Phi) is 7.37. The molecule has 2 amide bonds. The first kappa shape index (κ1) is 23.6. The van der Waals surface area contributed by atoms with Gasteiger partial charge in [0.1, 0.15) is 24.7 Å². The maximum absolute atomic E-state index is 13.4. The highest BCUT2D eigenvalue weighted by molar-refractivity contribution is 6.36. The lowest BCUT2D eigenvalue weighted by molar-refractivity contribution is -0.137. The van der Waals surface area contributed by atoms with Gasteiger partial charge in [-0.3, -0.25) is 14.5 Å². The van der Waals surface area contributed by atoms with E-state index in [1.165, 1.54) is 4.90 Å². The summed E-state index contributed by atoms with van der Waals surface area (Å²) in [6, 6.07) is 12.6. The molecule has 1 N–H and O–H groups in total. The van der Waals surface area contributed by atoms with Crippen LogP contribution < -0.4 is 19.5 Å². The molecule has 0 saturated carbocycles. The van der Waals surface area contributed by atoms with Crippen molar-refractivity contribution in [3.8, 4) is 17.2 Å². The molecule has 0 aromatic heterocycles. The number of rotatable bonds is 10. The van der Waals surface area contributed by atoms with Crippen LogP contribution in [-0.2, 0) is 14.3 Å². The summed E-state index contributed by atoms with van der Waals surface area (Å²) in [4.78, 5) is 27.9. The van der Waals surface area contributed by atoms with Crippen LogP contribution in [0.25, 0.3) is 5.57 Å². The molecule has 8 nitrogen and oxygen atoms in total. The Morgan fingerprint density at radius 1 is 0.971 bits per heavy atom. The quantitative estimate of drug-likeness (QED) is 0.532. The molecule has 2 heterocycles. The number of benzene rings is 2. The molecule has 4 rings (SSSR count). The molecule has 180 valence electrons. The molecule has 0 fully saturated rings. The highest BCUT2D eigenvalue weighted by Gasteiger charge is 2.39. The van der Waals surface area contributed by atoms with Crippen molar-refractivity contribution < 1.29 is 28.5 Å². The van der Waals surface area contributed by atoms with Gasteiger partial charge < -0.3 is 24.3 Å². The highest BCUT2D eigenvalue weighted by atomic mass is 16.6. The van der Waals surface area contributed by atoms with Gasteiger partial charge in [-0.2, -0.15) is 0 Å². The molecule has 0 saturated heterocycles. The van der Waals surface area contributed by atoms with Crippen molar-refractivity contribution in [1.29, 1.82) is 0 Å². The van der Waals surface area contributed by atoms with Crippen LogP contribution in [0, 0.1) is 0 Å². The SMILES string of the molecule is CCCOc1ccc(C2=C(Nc3ccc4c(c3)OCCO4)C(=O)N(CCOC(C)C)C2=O)cc1. The third kappa shape index (κ3) is 5.17. The van der Waals surface area contributed by atoms with E-state index >= 15 is 0 Å². The Labute approximate surface area is 199 Å². The van der Waals surface area contributed by atoms with Crippen molar-refractivity contribution >= 4 is 23.1 Å². The molecule has 34 heavy (non-hydrogen) atoms. The summed E-state index contributed by atoms with van der Waals surface area (Å²) >= 11 is 0. The molecule has 2 aliphatic rings. The number of nitrogens with one attached hydrogen (secondary N) is 1. The molecule has 0 aliphatic carbocycles. The number of carbonyl (C=O) groups excluding carboxylic acids is 2. The van der Waals surface area contributed by atoms with E-state index in [4.69, 9.17) is 18.9 Å². The van der Waals surface area contributed by atoms with E-state index in [1.807, 2.05) is 32.9 Å². The van der Waals surface area contributed by atoms with Crippen molar-refractivity contribution in [1.82, 2.24) is 4.90 Å². The normalized spacial score (nSPS) is 15.4. The number of ether oxygens (including phenoxy) is 4. The zero-order valence-electron chi connectivity index (χ0n) is 19.8. The predicted molar refractivity (Wildman–Crippen MR) is 128 cm³/mol. The summed E-state index contributed by atoms with van der Waals surface area (Å²) in [7, 11) is 0. The molecule has 0 bridgehead atoms. The molecule has 2 aromatic rings. The van der Waals surface area contributed by atoms with E-state index in [0.717, 1.165) is 6.42 Å². The van der Waals surface area contributed by atoms with Crippen molar-refractivity contribution in [3.05, 3.63) is 53.7 Å². The smallest absolute Gasteiger partial charge is 0.278 e. The van der Waals surface area contributed by atoms with Gasteiger partial charge in [0.15, 0.2) is 11.5 Å². The molecular formula is C26H30N2O6. The van der Waals surface area contributed by atoms with Crippen LogP contribution in [-0.4, -0.2) is 55.8 Å². The topological polar surface area (TPSA) is 86.3 Å². The van der Waals surface area contributed by atoms with Gasteiger partial charge in [-0.25, -0.2) is 0 Å². The summed E-state index contributed by atoms with van der Waals surface area (Å²) in [6.07, 6.45) is 0.905. The first-order chi connectivity index (χ1) is 16.5. The van der Waals surface area contributed by atoms with Crippen LogP contribution in [0.3, 0.4) is 0 Å². The van der Waals surface area contributed by atoms with E-state index in [-0.39, 0.29) is 30.9 Å². The number of imide groups is 1.